The van der Waals surface area contributed by atoms with E-state index in [0.29, 0.717) is 57.9 Å². The van der Waals surface area contributed by atoms with Crippen LogP contribution in [0.1, 0.15) is 57.6 Å². The molecule has 8 nitrogen and oxygen atoms in total. The molecule has 2 aromatic rings. The molecule has 8 heteroatoms. The Kier molecular flexibility index (Phi) is 12.3. The third-order valence-electron chi connectivity index (χ3n) is 7.07. The van der Waals surface area contributed by atoms with Crippen LogP contribution in [0.25, 0.3) is 0 Å². The van der Waals surface area contributed by atoms with E-state index in [1.54, 1.807) is 0 Å². The van der Waals surface area contributed by atoms with Crippen molar-refractivity contribution in [1.29, 1.82) is 0 Å². The lowest BCUT2D eigenvalue weighted by atomic mass is 9.92. The van der Waals surface area contributed by atoms with Gasteiger partial charge in [-0.1, -0.05) is 38.1 Å². The minimum Gasteiger partial charge on any atom is -0.494 e. The SMILES string of the molecule is CCOc1ccc(CCC(=O)N2CCC(CC(=O)N[C@@H](Cc3ccc(OCC(C)C)cc3)C(=O)OC)CC2)cc1. The van der Waals surface area contributed by atoms with E-state index in [-0.39, 0.29) is 17.7 Å². The highest BCUT2D eigenvalue weighted by Crippen LogP contribution is 2.22. The van der Waals surface area contributed by atoms with E-state index >= 15 is 0 Å². The first-order chi connectivity index (χ1) is 19.3. The molecule has 0 spiro atoms. The maximum Gasteiger partial charge on any atom is 0.328 e. The second kappa shape index (κ2) is 15.9. The molecule has 0 saturated carbocycles. The summed E-state index contributed by atoms with van der Waals surface area (Å²) in [5.41, 5.74) is 2.02. The topological polar surface area (TPSA) is 94.2 Å². The summed E-state index contributed by atoms with van der Waals surface area (Å²) < 4.78 is 16.1. The molecule has 1 N–H and O–H groups in total. The summed E-state index contributed by atoms with van der Waals surface area (Å²) >= 11 is 0. The molecule has 0 aromatic heterocycles. The minimum absolute atomic E-state index is 0.142. The number of hydrogen-bond acceptors (Lipinski definition) is 6. The predicted octanol–water partition coefficient (Wildman–Crippen LogP) is 4.58. The Balaban J connectivity index is 1.42. The summed E-state index contributed by atoms with van der Waals surface area (Å²) in [5, 5.41) is 2.87. The van der Waals surface area contributed by atoms with Gasteiger partial charge in [0.2, 0.25) is 11.8 Å². The van der Waals surface area contributed by atoms with Crippen LogP contribution in [0, 0.1) is 11.8 Å². The fraction of sp³-hybridized carbons (Fsp3) is 0.531. The van der Waals surface area contributed by atoms with Gasteiger partial charge in [0.15, 0.2) is 0 Å². The van der Waals surface area contributed by atoms with Gasteiger partial charge in [0.25, 0.3) is 0 Å². The van der Waals surface area contributed by atoms with Gasteiger partial charge in [-0.2, -0.15) is 0 Å². The monoisotopic (exact) mass is 552 g/mol. The molecule has 2 amide bonds. The van der Waals surface area contributed by atoms with Crippen LogP contribution in [-0.2, 0) is 32.0 Å². The molecule has 1 heterocycles. The fourth-order valence-electron chi connectivity index (χ4n) is 4.79. The summed E-state index contributed by atoms with van der Waals surface area (Å²) in [6, 6.07) is 14.7. The Morgan fingerprint density at radius 3 is 2.10 bits per heavy atom. The lowest BCUT2D eigenvalue weighted by molar-refractivity contribution is -0.145. The van der Waals surface area contributed by atoms with Crippen LogP contribution in [0.2, 0.25) is 0 Å². The molecule has 218 valence electrons. The molecule has 0 aliphatic carbocycles. The zero-order valence-electron chi connectivity index (χ0n) is 24.3. The van der Waals surface area contributed by atoms with Crippen LogP contribution < -0.4 is 14.8 Å². The summed E-state index contributed by atoms with van der Waals surface area (Å²) in [5.74, 6) is 1.71. The van der Waals surface area contributed by atoms with Crippen molar-refractivity contribution in [2.75, 3.05) is 33.4 Å². The molecule has 0 bridgehead atoms. The molecular weight excluding hydrogens is 508 g/mol. The fourth-order valence-corrected chi connectivity index (χ4v) is 4.79. The number of esters is 1. The number of carbonyl (C=O) groups is 3. The van der Waals surface area contributed by atoms with Gasteiger partial charge in [-0.05, 0) is 73.4 Å². The molecular formula is C32H44N2O6. The predicted molar refractivity (Wildman–Crippen MR) is 154 cm³/mol. The highest BCUT2D eigenvalue weighted by atomic mass is 16.5. The number of aryl methyl sites for hydroxylation is 1. The third kappa shape index (κ3) is 10.2. The maximum atomic E-state index is 12.8. The molecule has 1 saturated heterocycles. The van der Waals surface area contributed by atoms with E-state index in [4.69, 9.17) is 14.2 Å². The molecule has 40 heavy (non-hydrogen) atoms. The maximum absolute atomic E-state index is 12.8. The van der Waals surface area contributed by atoms with Crippen molar-refractivity contribution >= 4 is 17.8 Å². The Morgan fingerprint density at radius 1 is 0.925 bits per heavy atom. The number of methoxy groups -OCH3 is 1. The van der Waals surface area contributed by atoms with Crippen LogP contribution in [0.5, 0.6) is 11.5 Å². The lowest BCUT2D eigenvalue weighted by Crippen LogP contribution is -2.44. The molecule has 3 rings (SSSR count). The van der Waals surface area contributed by atoms with Crippen LogP contribution in [0.3, 0.4) is 0 Å². The molecule has 1 aliphatic heterocycles. The number of nitrogens with zero attached hydrogens (tertiary/aromatic N) is 1. The average molecular weight is 553 g/mol. The molecule has 0 unspecified atom stereocenters. The zero-order chi connectivity index (χ0) is 28.9. The van der Waals surface area contributed by atoms with Gasteiger partial charge >= 0.3 is 5.97 Å². The number of hydrogen-bond donors (Lipinski definition) is 1. The van der Waals surface area contributed by atoms with Crippen molar-refractivity contribution in [1.82, 2.24) is 10.2 Å². The van der Waals surface area contributed by atoms with Crippen LogP contribution in [-0.4, -0.2) is 62.1 Å². The lowest BCUT2D eigenvalue weighted by Gasteiger charge is -2.32. The Hall–Kier alpha value is -3.55. The van der Waals surface area contributed by atoms with Crippen molar-refractivity contribution < 1.29 is 28.6 Å². The first kappa shape index (κ1) is 31.0. The normalized spacial score (nSPS) is 14.5. The average Bonchev–Trinajstić information content (AvgIpc) is 2.96. The summed E-state index contributed by atoms with van der Waals surface area (Å²) in [6.07, 6.45) is 3.35. The number of benzene rings is 2. The third-order valence-corrected chi connectivity index (χ3v) is 7.07. The van der Waals surface area contributed by atoms with Gasteiger partial charge in [0.1, 0.15) is 17.5 Å². The number of rotatable bonds is 14. The van der Waals surface area contributed by atoms with Crippen LogP contribution in [0.4, 0.5) is 0 Å². The number of carbonyl (C=O) groups excluding carboxylic acids is 3. The molecule has 1 atom stereocenters. The first-order valence-electron chi connectivity index (χ1n) is 14.4. The summed E-state index contributed by atoms with van der Waals surface area (Å²) in [6.45, 7) is 8.69. The van der Waals surface area contributed by atoms with Gasteiger partial charge in [-0.3, -0.25) is 9.59 Å². The quantitative estimate of drug-likeness (QED) is 0.345. The highest BCUT2D eigenvalue weighted by Gasteiger charge is 2.27. The van der Waals surface area contributed by atoms with Crippen LogP contribution in [0.15, 0.2) is 48.5 Å². The van der Waals surface area contributed by atoms with Gasteiger partial charge in [0.05, 0.1) is 20.3 Å². The van der Waals surface area contributed by atoms with E-state index in [0.717, 1.165) is 35.5 Å². The van der Waals surface area contributed by atoms with E-state index in [1.165, 1.54) is 7.11 Å². The zero-order valence-corrected chi connectivity index (χ0v) is 24.3. The first-order valence-corrected chi connectivity index (χ1v) is 14.4. The van der Waals surface area contributed by atoms with E-state index in [9.17, 15) is 14.4 Å². The van der Waals surface area contributed by atoms with E-state index in [2.05, 4.69) is 19.2 Å². The van der Waals surface area contributed by atoms with Crippen molar-refractivity contribution in [2.45, 2.75) is 65.3 Å². The van der Waals surface area contributed by atoms with Crippen molar-refractivity contribution in [3.63, 3.8) is 0 Å². The standard InChI is InChI=1S/C32H44N2O6/c1-5-39-27-11-6-24(7-12-27)10-15-31(36)34-18-16-26(17-19-34)21-30(35)33-29(32(37)38-4)20-25-8-13-28(14-9-25)40-22-23(2)3/h6-9,11-14,23,26,29H,5,10,15-22H2,1-4H3,(H,33,35)/t29-/m0/s1. The molecule has 1 aliphatic rings. The second-order valence-corrected chi connectivity index (χ2v) is 10.8. The Labute approximate surface area is 238 Å². The van der Waals surface area contributed by atoms with Crippen molar-refractivity contribution in [2.24, 2.45) is 11.8 Å². The van der Waals surface area contributed by atoms with Crippen molar-refractivity contribution in [3.05, 3.63) is 59.7 Å². The smallest absolute Gasteiger partial charge is 0.328 e. The molecule has 2 aromatic carbocycles. The van der Waals surface area contributed by atoms with Crippen LogP contribution >= 0.6 is 0 Å². The molecule has 0 radical (unpaired) electrons. The number of likely N-dealkylation sites (tertiary alicyclic amines) is 1. The second-order valence-electron chi connectivity index (χ2n) is 10.8. The van der Waals surface area contributed by atoms with Crippen molar-refractivity contribution in [3.8, 4) is 11.5 Å². The van der Waals surface area contributed by atoms with Gasteiger partial charge in [-0.25, -0.2) is 4.79 Å². The summed E-state index contributed by atoms with van der Waals surface area (Å²) in [4.78, 5) is 39.9. The van der Waals surface area contributed by atoms with Gasteiger partial charge in [0, 0.05) is 32.4 Å². The van der Waals surface area contributed by atoms with E-state index in [1.807, 2.05) is 60.4 Å². The number of ether oxygens (including phenoxy) is 3. The largest absolute Gasteiger partial charge is 0.494 e. The number of piperidine rings is 1. The number of nitrogens with one attached hydrogen (secondary N) is 1. The number of amides is 2. The van der Waals surface area contributed by atoms with E-state index < -0.39 is 12.0 Å². The highest BCUT2D eigenvalue weighted by molar-refractivity contribution is 5.84. The van der Waals surface area contributed by atoms with Gasteiger partial charge < -0.3 is 24.4 Å². The Bertz CT molecular complexity index is 1080. The minimum atomic E-state index is -0.760. The molecule has 1 fully saturated rings. The Morgan fingerprint density at radius 2 is 1.52 bits per heavy atom. The summed E-state index contributed by atoms with van der Waals surface area (Å²) in [7, 11) is 1.33. The van der Waals surface area contributed by atoms with Gasteiger partial charge in [-0.15, -0.1) is 0 Å².